The van der Waals surface area contributed by atoms with Crippen molar-refractivity contribution < 1.29 is 0 Å². The predicted octanol–water partition coefficient (Wildman–Crippen LogP) is -1.35. The van der Waals surface area contributed by atoms with Crippen molar-refractivity contribution in [2.75, 3.05) is 11.5 Å². The fourth-order valence-electron chi connectivity index (χ4n) is 0.514. The van der Waals surface area contributed by atoms with Crippen molar-refractivity contribution in [3.63, 3.8) is 0 Å². The highest BCUT2D eigenvalue weighted by Crippen LogP contribution is 1.96. The minimum absolute atomic E-state index is 0. The van der Waals surface area contributed by atoms with Crippen molar-refractivity contribution in [3.05, 3.63) is 20.8 Å². The average Bonchev–Trinajstić information content (AvgIpc) is 1.82. The topological polar surface area (TPSA) is 118 Å². The van der Waals surface area contributed by atoms with Crippen LogP contribution in [-0.2, 0) is 0 Å². The Morgan fingerprint density at radius 1 is 1.09 bits per heavy atom. The highest BCUT2D eigenvalue weighted by atomic mass is 35.5. The SMILES string of the molecule is Cl.Nc1[nH]c(=O)[nH][13c](=O)[13c]1N. The Morgan fingerprint density at radius 2 is 1.64 bits per heavy atom. The van der Waals surface area contributed by atoms with Crippen LogP contribution in [-0.4, -0.2) is 9.97 Å². The fourth-order valence-corrected chi connectivity index (χ4v) is 0.514. The smallest absolute Gasteiger partial charge is 0.327 e. The van der Waals surface area contributed by atoms with Gasteiger partial charge in [0.15, 0.2) is 0 Å². The Labute approximate surface area is 67.0 Å². The maximum absolute atomic E-state index is 10.6. The summed E-state index contributed by atoms with van der Waals surface area (Å²) in [6, 6.07) is 0. The molecule has 0 saturated carbocycles. The molecule has 0 amide bonds. The molecule has 0 bridgehead atoms. The third-order valence-electron chi connectivity index (χ3n) is 1.01. The molecule has 6 N–H and O–H groups in total. The molecule has 1 aromatic rings. The molecule has 1 heterocycles. The summed E-state index contributed by atoms with van der Waals surface area (Å²) in [6.45, 7) is 0. The van der Waals surface area contributed by atoms with Crippen molar-refractivity contribution in [1.82, 2.24) is 9.97 Å². The monoisotopic (exact) mass is 180 g/mol. The number of nitrogens with two attached hydrogens (primary N) is 2. The molecule has 0 aliphatic heterocycles. The second-order valence-electron chi connectivity index (χ2n) is 1.74. The van der Waals surface area contributed by atoms with Gasteiger partial charge in [0.1, 0.15) is 11.5 Å². The van der Waals surface area contributed by atoms with Crippen molar-refractivity contribution in [2.24, 2.45) is 0 Å². The largest absolute Gasteiger partial charge is 0.391 e. The van der Waals surface area contributed by atoms with Gasteiger partial charge in [0.05, 0.1) is 0 Å². The Kier molecular flexibility index (Phi) is 2.70. The molecule has 0 radical (unpaired) electrons. The number of aromatic amines is 2. The molecule has 0 saturated heterocycles. The lowest BCUT2D eigenvalue weighted by Crippen LogP contribution is -2.26. The van der Waals surface area contributed by atoms with Crippen molar-refractivity contribution >= 4 is 23.9 Å². The quantitative estimate of drug-likeness (QED) is 0.395. The van der Waals surface area contributed by atoms with E-state index in [-0.39, 0.29) is 23.9 Å². The maximum atomic E-state index is 10.6. The molecule has 1 rings (SSSR count). The molecular formula is C4H7ClN4O2. The summed E-state index contributed by atoms with van der Waals surface area (Å²) in [7, 11) is 0. The molecule has 0 aliphatic carbocycles. The number of hydrogen-bond donors (Lipinski definition) is 4. The minimum atomic E-state index is -0.666. The molecule has 6 nitrogen and oxygen atoms in total. The Hall–Kier alpha value is -1.43. The van der Waals surface area contributed by atoms with E-state index in [4.69, 9.17) is 11.5 Å². The van der Waals surface area contributed by atoms with E-state index in [1.807, 2.05) is 4.98 Å². The zero-order valence-corrected chi connectivity index (χ0v) is 6.20. The second-order valence-corrected chi connectivity index (χ2v) is 1.74. The van der Waals surface area contributed by atoms with Crippen LogP contribution in [0.15, 0.2) is 9.59 Å². The summed E-state index contributed by atoms with van der Waals surface area (Å²) in [5, 5.41) is 0. The van der Waals surface area contributed by atoms with Crippen LogP contribution in [0.2, 0.25) is 0 Å². The van der Waals surface area contributed by atoms with E-state index >= 15 is 0 Å². The van der Waals surface area contributed by atoms with Crippen molar-refractivity contribution in [1.29, 1.82) is 0 Å². The van der Waals surface area contributed by atoms with Gasteiger partial charge in [0.2, 0.25) is 0 Å². The standard InChI is InChI=1S/C4H6N4O2.ClH/c5-1-2(6)7-4(10)8-3(1)9;/h5H2,(H4,6,7,8,9,10);1H/i1+1,3+1;. The molecule has 0 aliphatic rings. The Bertz CT molecular complexity index is 354. The number of nitrogen functional groups attached to an aromatic ring is 2. The van der Waals surface area contributed by atoms with Crippen LogP contribution in [0.4, 0.5) is 11.5 Å². The lowest BCUT2D eigenvalue weighted by Gasteiger charge is -1.93. The molecule has 7 heteroatoms. The van der Waals surface area contributed by atoms with Crippen molar-refractivity contribution in [3.8, 4) is 0 Å². The van der Waals surface area contributed by atoms with Gasteiger partial charge in [-0.25, -0.2) is 4.79 Å². The van der Waals surface area contributed by atoms with Crippen LogP contribution in [0.1, 0.15) is 0 Å². The molecule has 0 spiro atoms. The number of rotatable bonds is 0. The maximum Gasteiger partial charge on any atom is 0.327 e. The van der Waals surface area contributed by atoms with Gasteiger partial charge in [-0.05, 0) is 0 Å². The summed E-state index contributed by atoms with van der Waals surface area (Å²) in [4.78, 5) is 25.0. The number of aromatic nitrogens is 2. The Morgan fingerprint density at radius 3 is 2.09 bits per heavy atom. The number of hydrogen-bond acceptors (Lipinski definition) is 4. The van der Waals surface area contributed by atoms with Crippen LogP contribution in [0.25, 0.3) is 0 Å². The highest BCUT2D eigenvalue weighted by Gasteiger charge is 1.98. The first-order chi connectivity index (χ1) is 4.61. The van der Waals surface area contributed by atoms with Crippen LogP contribution in [0, 0.1) is 0 Å². The fraction of sp³-hybridized carbons (Fsp3) is 0. The Balaban J connectivity index is 0.000001000. The van der Waals surface area contributed by atoms with Gasteiger partial charge in [0, 0.05) is 0 Å². The number of anilines is 2. The minimum Gasteiger partial charge on any atom is -0.391 e. The average molecular weight is 181 g/mol. The zero-order valence-electron chi connectivity index (χ0n) is 5.38. The van der Waals surface area contributed by atoms with E-state index < -0.39 is 11.2 Å². The number of nitrogens with one attached hydrogen (secondary N) is 2. The number of H-pyrrole nitrogens is 2. The van der Waals surface area contributed by atoms with E-state index in [2.05, 4.69) is 4.98 Å². The molecule has 62 valence electrons. The lowest BCUT2D eigenvalue weighted by atomic mass is 10.9. The molecule has 0 fully saturated rings. The third kappa shape index (κ3) is 1.74. The van der Waals surface area contributed by atoms with E-state index in [0.717, 1.165) is 0 Å². The van der Waals surface area contributed by atoms with Gasteiger partial charge in [-0.3, -0.25) is 14.8 Å². The van der Waals surface area contributed by atoms with Crippen LogP contribution in [0.3, 0.4) is 0 Å². The lowest BCUT2D eigenvalue weighted by molar-refractivity contribution is 1.05. The van der Waals surface area contributed by atoms with Gasteiger partial charge in [-0.15, -0.1) is 12.4 Å². The van der Waals surface area contributed by atoms with Gasteiger partial charge in [-0.1, -0.05) is 0 Å². The van der Waals surface area contributed by atoms with Crippen LogP contribution < -0.4 is 22.7 Å². The summed E-state index contributed by atoms with van der Waals surface area (Å²) >= 11 is 0. The van der Waals surface area contributed by atoms with E-state index in [0.29, 0.717) is 0 Å². The highest BCUT2D eigenvalue weighted by molar-refractivity contribution is 5.85. The summed E-state index contributed by atoms with van der Waals surface area (Å²) in [5.74, 6) is -0.103. The van der Waals surface area contributed by atoms with Crippen LogP contribution in [0.5, 0.6) is 0 Å². The predicted molar refractivity (Wildman–Crippen MR) is 43.8 cm³/mol. The first-order valence-electron chi connectivity index (χ1n) is 2.49. The van der Waals surface area contributed by atoms with Crippen molar-refractivity contribution in [2.45, 2.75) is 0 Å². The molecule has 0 aromatic carbocycles. The van der Waals surface area contributed by atoms with Gasteiger partial charge in [-0.2, -0.15) is 0 Å². The van der Waals surface area contributed by atoms with Gasteiger partial charge < -0.3 is 11.5 Å². The van der Waals surface area contributed by atoms with E-state index in [1.165, 1.54) is 0 Å². The third-order valence-corrected chi connectivity index (χ3v) is 1.01. The number of halogens is 1. The molecule has 0 unspecified atom stereocenters. The van der Waals surface area contributed by atoms with Gasteiger partial charge >= 0.3 is 5.69 Å². The molecular weight excluding hydrogens is 174 g/mol. The second kappa shape index (κ2) is 3.11. The normalized spacial score (nSPS) is 8.73. The first kappa shape index (κ1) is 9.57. The van der Waals surface area contributed by atoms with E-state index in [9.17, 15) is 9.59 Å². The molecule has 0 atom stereocenters. The van der Waals surface area contributed by atoms with E-state index in [1.54, 1.807) is 0 Å². The van der Waals surface area contributed by atoms with Crippen LogP contribution >= 0.6 is 12.4 Å². The zero-order chi connectivity index (χ0) is 7.72. The molecule has 11 heavy (non-hydrogen) atoms. The van der Waals surface area contributed by atoms with Gasteiger partial charge in [0.25, 0.3) is 5.56 Å². The summed E-state index contributed by atoms with van der Waals surface area (Å²) in [5.41, 5.74) is 8.74. The summed E-state index contributed by atoms with van der Waals surface area (Å²) < 4.78 is 0. The first-order valence-corrected chi connectivity index (χ1v) is 2.49. The summed E-state index contributed by atoms with van der Waals surface area (Å²) in [6.07, 6.45) is 0. The molecule has 1 aromatic heterocycles.